The molecule has 0 radical (unpaired) electrons. The summed E-state index contributed by atoms with van der Waals surface area (Å²) in [5.74, 6) is 1.42. The Morgan fingerprint density at radius 2 is 2.22 bits per heavy atom. The van der Waals surface area contributed by atoms with Crippen LogP contribution in [-0.2, 0) is 0 Å². The van der Waals surface area contributed by atoms with E-state index in [1.165, 1.54) is 11.3 Å². The summed E-state index contributed by atoms with van der Waals surface area (Å²) in [6, 6.07) is 4.15. The maximum absolute atomic E-state index is 12.4. The first-order chi connectivity index (χ1) is 11.3. The molecule has 0 unspecified atom stereocenters. The number of hydrogen-bond acceptors (Lipinski definition) is 6. The van der Waals surface area contributed by atoms with Gasteiger partial charge in [0.05, 0.1) is 16.8 Å². The minimum absolute atomic E-state index is 0.0613. The quantitative estimate of drug-likeness (QED) is 0.824. The smallest absolute Gasteiger partial charge is 0.324 e. The zero-order valence-corrected chi connectivity index (χ0v) is 13.2. The molecule has 0 aliphatic carbocycles. The van der Waals surface area contributed by atoms with E-state index in [0.717, 1.165) is 40.6 Å². The fraction of sp³-hybridized carbons (Fsp3) is 0.467. The standard InChI is InChI=1S/C15H16N4O3S/c20-14-17-8-7-16-4-3-9(8)19(14)15-18-12-11(23-15)2-1-10-13(12)22-6-5-21-10/h1-2,8-9,16H,3-7H2,(H,17,20)/t8-,9+/m0/s1. The van der Waals surface area contributed by atoms with Crippen LogP contribution in [0.2, 0.25) is 0 Å². The zero-order chi connectivity index (χ0) is 15.4. The number of carbonyl (C=O) groups is 1. The SMILES string of the molecule is O=C1N[C@H]2CNCC[C@H]2N1c1nc2c3c(ccc2s1)OCCO3. The van der Waals surface area contributed by atoms with E-state index >= 15 is 0 Å². The molecule has 1 aromatic carbocycles. The summed E-state index contributed by atoms with van der Waals surface area (Å²) in [5.41, 5.74) is 0.785. The van der Waals surface area contributed by atoms with Crippen LogP contribution in [0.5, 0.6) is 11.5 Å². The lowest BCUT2D eigenvalue weighted by Crippen LogP contribution is -2.49. The van der Waals surface area contributed by atoms with Crippen LogP contribution in [0.3, 0.4) is 0 Å². The van der Waals surface area contributed by atoms with Crippen LogP contribution >= 0.6 is 11.3 Å². The van der Waals surface area contributed by atoms with Gasteiger partial charge in [-0.25, -0.2) is 9.78 Å². The average molecular weight is 332 g/mol. The van der Waals surface area contributed by atoms with E-state index in [0.29, 0.717) is 19.0 Å². The molecule has 2 N–H and O–H groups in total. The third-order valence-corrected chi connectivity index (χ3v) is 5.59. The number of anilines is 1. The largest absolute Gasteiger partial charge is 0.486 e. The number of amides is 2. The van der Waals surface area contributed by atoms with E-state index < -0.39 is 0 Å². The van der Waals surface area contributed by atoms with Crippen molar-refractivity contribution in [1.29, 1.82) is 0 Å². The minimum Gasteiger partial charge on any atom is -0.486 e. The van der Waals surface area contributed by atoms with E-state index in [-0.39, 0.29) is 18.1 Å². The van der Waals surface area contributed by atoms with Crippen molar-refractivity contribution in [2.45, 2.75) is 18.5 Å². The van der Waals surface area contributed by atoms with E-state index in [9.17, 15) is 4.79 Å². The van der Waals surface area contributed by atoms with Crippen molar-refractivity contribution in [2.75, 3.05) is 31.2 Å². The molecule has 2 aromatic rings. The zero-order valence-electron chi connectivity index (χ0n) is 12.4. The second kappa shape index (κ2) is 4.97. The molecule has 2 amide bonds. The Morgan fingerprint density at radius 3 is 3.17 bits per heavy atom. The summed E-state index contributed by atoms with van der Waals surface area (Å²) in [6.45, 7) is 2.81. The van der Waals surface area contributed by atoms with Gasteiger partial charge in [0, 0.05) is 6.54 Å². The van der Waals surface area contributed by atoms with Crippen LogP contribution in [-0.4, -0.2) is 49.4 Å². The summed E-state index contributed by atoms with van der Waals surface area (Å²) in [4.78, 5) is 18.9. The first-order valence-corrected chi connectivity index (χ1v) is 8.62. The number of aromatic nitrogens is 1. The first kappa shape index (κ1) is 13.4. The minimum atomic E-state index is -0.0613. The number of hydrogen-bond donors (Lipinski definition) is 2. The van der Waals surface area contributed by atoms with Crippen molar-refractivity contribution in [3.05, 3.63) is 12.1 Å². The molecular weight excluding hydrogens is 316 g/mol. The van der Waals surface area contributed by atoms with E-state index in [1.807, 2.05) is 17.0 Å². The molecule has 120 valence electrons. The van der Waals surface area contributed by atoms with E-state index in [2.05, 4.69) is 10.6 Å². The molecule has 2 saturated heterocycles. The van der Waals surface area contributed by atoms with Crippen molar-refractivity contribution < 1.29 is 14.3 Å². The summed E-state index contributed by atoms with van der Waals surface area (Å²) >= 11 is 1.52. The van der Waals surface area contributed by atoms with Gasteiger partial charge in [-0.15, -0.1) is 0 Å². The maximum atomic E-state index is 12.4. The fourth-order valence-electron chi connectivity index (χ4n) is 3.50. The van der Waals surface area contributed by atoms with Crippen LogP contribution in [0.15, 0.2) is 12.1 Å². The number of piperidine rings is 1. The van der Waals surface area contributed by atoms with Gasteiger partial charge in [0.2, 0.25) is 0 Å². The lowest BCUT2D eigenvalue weighted by atomic mass is 10.0. The molecule has 0 bridgehead atoms. The van der Waals surface area contributed by atoms with Crippen molar-refractivity contribution in [1.82, 2.24) is 15.6 Å². The second-order valence-electron chi connectivity index (χ2n) is 5.92. The summed E-state index contributed by atoms with van der Waals surface area (Å²) in [7, 11) is 0. The van der Waals surface area contributed by atoms with Crippen LogP contribution in [0.4, 0.5) is 9.93 Å². The Kier molecular flexibility index (Phi) is 2.89. The maximum Gasteiger partial charge on any atom is 0.324 e. The number of thiazole rings is 1. The second-order valence-corrected chi connectivity index (χ2v) is 6.93. The van der Waals surface area contributed by atoms with Gasteiger partial charge in [-0.3, -0.25) is 4.90 Å². The van der Waals surface area contributed by atoms with Crippen molar-refractivity contribution in [2.24, 2.45) is 0 Å². The van der Waals surface area contributed by atoms with Gasteiger partial charge in [-0.05, 0) is 25.1 Å². The fourth-order valence-corrected chi connectivity index (χ4v) is 4.52. The number of carbonyl (C=O) groups excluding carboxylic acids is 1. The third kappa shape index (κ3) is 1.98. The van der Waals surface area contributed by atoms with Gasteiger partial charge in [0.1, 0.15) is 18.7 Å². The molecule has 0 saturated carbocycles. The molecule has 3 aliphatic rings. The van der Waals surface area contributed by atoms with Crippen LogP contribution in [0.25, 0.3) is 10.2 Å². The molecule has 4 heterocycles. The first-order valence-electron chi connectivity index (χ1n) is 7.81. The van der Waals surface area contributed by atoms with Gasteiger partial charge in [0.25, 0.3) is 0 Å². The summed E-state index contributed by atoms with van der Waals surface area (Å²) < 4.78 is 12.4. The Balaban J connectivity index is 1.59. The van der Waals surface area contributed by atoms with Crippen molar-refractivity contribution in [3.63, 3.8) is 0 Å². The van der Waals surface area contributed by atoms with Crippen molar-refractivity contribution >= 4 is 32.7 Å². The number of urea groups is 1. The normalized spacial score (nSPS) is 26.3. The van der Waals surface area contributed by atoms with Crippen molar-refractivity contribution in [3.8, 4) is 11.5 Å². The lowest BCUT2D eigenvalue weighted by Gasteiger charge is -2.28. The van der Waals surface area contributed by atoms with Crippen LogP contribution in [0, 0.1) is 0 Å². The highest BCUT2D eigenvalue weighted by Gasteiger charge is 2.42. The number of nitrogens with one attached hydrogen (secondary N) is 2. The number of benzene rings is 1. The molecule has 5 rings (SSSR count). The number of rotatable bonds is 1. The molecular formula is C15H16N4O3S. The highest BCUT2D eigenvalue weighted by molar-refractivity contribution is 7.22. The summed E-state index contributed by atoms with van der Waals surface area (Å²) in [6.07, 6.45) is 0.928. The van der Waals surface area contributed by atoms with Gasteiger partial charge in [-0.2, -0.15) is 0 Å². The van der Waals surface area contributed by atoms with Gasteiger partial charge in [0.15, 0.2) is 16.6 Å². The highest BCUT2D eigenvalue weighted by atomic mass is 32.1. The lowest BCUT2D eigenvalue weighted by molar-refractivity contribution is 0.173. The molecule has 2 fully saturated rings. The van der Waals surface area contributed by atoms with Gasteiger partial charge < -0.3 is 20.1 Å². The number of nitrogens with zero attached hydrogens (tertiary/aromatic N) is 2. The predicted octanol–water partition coefficient (Wildman–Crippen LogP) is 1.33. The number of ether oxygens (including phenoxy) is 2. The third-order valence-electron chi connectivity index (χ3n) is 4.57. The average Bonchev–Trinajstić information content (AvgIpc) is 3.14. The van der Waals surface area contributed by atoms with Gasteiger partial charge >= 0.3 is 6.03 Å². The Labute approximate surface area is 136 Å². The molecule has 1 aromatic heterocycles. The molecule has 3 aliphatic heterocycles. The van der Waals surface area contributed by atoms with Gasteiger partial charge in [-0.1, -0.05) is 11.3 Å². The van der Waals surface area contributed by atoms with E-state index in [1.54, 1.807) is 0 Å². The molecule has 2 atom stereocenters. The Morgan fingerprint density at radius 1 is 1.30 bits per heavy atom. The van der Waals surface area contributed by atoms with Crippen LogP contribution in [0.1, 0.15) is 6.42 Å². The van der Waals surface area contributed by atoms with Crippen LogP contribution < -0.4 is 25.0 Å². The summed E-state index contributed by atoms with van der Waals surface area (Å²) in [5, 5.41) is 7.10. The Hall–Kier alpha value is -2.06. The Bertz CT molecular complexity index is 792. The predicted molar refractivity (Wildman–Crippen MR) is 86.7 cm³/mol. The number of fused-ring (bicyclic) bond motifs is 4. The highest BCUT2D eigenvalue weighted by Crippen LogP contribution is 2.42. The molecule has 0 spiro atoms. The molecule has 23 heavy (non-hydrogen) atoms. The monoisotopic (exact) mass is 332 g/mol. The van der Waals surface area contributed by atoms with E-state index in [4.69, 9.17) is 14.5 Å². The molecule has 7 nitrogen and oxygen atoms in total. The molecule has 8 heteroatoms. The topological polar surface area (TPSA) is 75.7 Å².